The Morgan fingerprint density at radius 3 is 2.76 bits per heavy atom. The molecule has 4 rings (SSSR count). The zero-order chi connectivity index (χ0) is 17.4. The summed E-state index contributed by atoms with van der Waals surface area (Å²) in [6.45, 7) is 4.80. The van der Waals surface area contributed by atoms with Gasteiger partial charge in [-0.3, -0.25) is 4.98 Å². The number of pyridine rings is 1. The van der Waals surface area contributed by atoms with Gasteiger partial charge < -0.3 is 19.6 Å². The lowest BCUT2D eigenvalue weighted by molar-refractivity contribution is 0.286. The minimum Gasteiger partial charge on any atom is -0.467 e. The highest BCUT2D eigenvalue weighted by Gasteiger charge is 2.41. The molecular weight excluding hydrogens is 332 g/mol. The van der Waals surface area contributed by atoms with E-state index < -0.39 is 0 Å². The number of nitrogens with one attached hydrogen (secondary N) is 2. The Labute approximate surface area is 152 Å². The lowest BCUT2D eigenvalue weighted by atomic mass is 9.97. The normalized spacial score (nSPS) is 20.1. The number of furan rings is 1. The van der Waals surface area contributed by atoms with Crippen molar-refractivity contribution in [1.29, 1.82) is 0 Å². The first kappa shape index (κ1) is 15.9. The fraction of sp³-hybridized carbons (Fsp3) is 0.263. The summed E-state index contributed by atoms with van der Waals surface area (Å²) >= 11 is 5.65. The molecule has 0 amide bonds. The van der Waals surface area contributed by atoms with E-state index in [4.69, 9.17) is 16.6 Å². The molecule has 2 N–H and O–H groups in total. The topological polar surface area (TPSA) is 57.1 Å². The first-order chi connectivity index (χ1) is 12.1. The van der Waals surface area contributed by atoms with E-state index in [1.54, 1.807) is 6.26 Å². The quantitative estimate of drug-likeness (QED) is 0.700. The molecule has 128 valence electrons. The van der Waals surface area contributed by atoms with Gasteiger partial charge in [-0.05, 0) is 62.0 Å². The van der Waals surface area contributed by atoms with Crippen molar-refractivity contribution < 1.29 is 4.42 Å². The van der Waals surface area contributed by atoms with Crippen molar-refractivity contribution in [3.05, 3.63) is 77.3 Å². The third-order valence-corrected chi connectivity index (χ3v) is 4.96. The second-order valence-corrected chi connectivity index (χ2v) is 6.75. The number of rotatable bonds is 4. The molecule has 0 radical (unpaired) electrons. The summed E-state index contributed by atoms with van der Waals surface area (Å²) in [5.41, 5.74) is 4.50. The highest BCUT2D eigenvalue weighted by molar-refractivity contribution is 7.80. The van der Waals surface area contributed by atoms with Crippen LogP contribution in [0, 0.1) is 13.8 Å². The van der Waals surface area contributed by atoms with Gasteiger partial charge in [0.15, 0.2) is 5.11 Å². The summed E-state index contributed by atoms with van der Waals surface area (Å²) in [5.74, 6) is 0.890. The van der Waals surface area contributed by atoms with Crippen LogP contribution in [-0.2, 0) is 6.54 Å². The molecule has 1 aliphatic heterocycles. The molecule has 0 aromatic carbocycles. The maximum atomic E-state index is 5.65. The largest absolute Gasteiger partial charge is 0.467 e. The molecule has 1 saturated heterocycles. The molecule has 2 atom stereocenters. The Morgan fingerprint density at radius 1 is 1.24 bits per heavy atom. The fourth-order valence-electron chi connectivity index (χ4n) is 3.54. The Morgan fingerprint density at radius 2 is 2.12 bits per heavy atom. The van der Waals surface area contributed by atoms with Crippen LogP contribution >= 0.6 is 12.2 Å². The summed E-state index contributed by atoms with van der Waals surface area (Å²) in [5, 5.41) is 4.17. The number of hydrogen-bond acceptors (Lipinski definition) is 3. The molecule has 0 spiro atoms. The van der Waals surface area contributed by atoms with Gasteiger partial charge in [-0.2, -0.15) is 0 Å². The lowest BCUT2D eigenvalue weighted by Gasteiger charge is -2.27. The molecule has 1 fully saturated rings. The van der Waals surface area contributed by atoms with Crippen LogP contribution in [-0.4, -0.2) is 20.0 Å². The van der Waals surface area contributed by atoms with E-state index in [2.05, 4.69) is 40.1 Å². The standard InChI is InChI=1S/C19H20N4OS/c1-12-10-15(13(2)21-12)18-17(16-7-3-4-8-20-16)22-19(25)23(18)11-14-6-5-9-24-14/h3-10,17-18,21H,11H2,1-2H3,(H,22,25). The maximum absolute atomic E-state index is 5.65. The monoisotopic (exact) mass is 352 g/mol. The van der Waals surface area contributed by atoms with Crippen LogP contribution in [0.1, 0.15) is 40.5 Å². The Hall–Kier alpha value is -2.60. The first-order valence-electron chi connectivity index (χ1n) is 8.30. The SMILES string of the molecule is Cc1cc(C2C(c3ccccn3)NC(=S)N2Cc2ccco2)c(C)[nH]1. The van der Waals surface area contributed by atoms with Crippen LogP contribution in [0.4, 0.5) is 0 Å². The average Bonchev–Trinajstić information content (AvgIpc) is 3.30. The summed E-state index contributed by atoms with van der Waals surface area (Å²) in [4.78, 5) is 10.1. The van der Waals surface area contributed by atoms with Gasteiger partial charge in [-0.1, -0.05) is 6.07 Å². The van der Waals surface area contributed by atoms with Gasteiger partial charge in [0.05, 0.1) is 30.6 Å². The van der Waals surface area contributed by atoms with Gasteiger partial charge in [-0.15, -0.1) is 0 Å². The minimum absolute atomic E-state index is 0.00226. The Balaban J connectivity index is 1.77. The molecule has 6 heteroatoms. The van der Waals surface area contributed by atoms with Crippen molar-refractivity contribution in [2.24, 2.45) is 0 Å². The van der Waals surface area contributed by atoms with Gasteiger partial charge in [0, 0.05) is 17.6 Å². The van der Waals surface area contributed by atoms with Crippen LogP contribution in [0.3, 0.4) is 0 Å². The number of aromatic amines is 1. The van der Waals surface area contributed by atoms with Crippen LogP contribution in [0.15, 0.2) is 53.3 Å². The molecule has 25 heavy (non-hydrogen) atoms. The smallest absolute Gasteiger partial charge is 0.170 e. The zero-order valence-corrected chi connectivity index (χ0v) is 15.0. The number of nitrogens with zero attached hydrogens (tertiary/aromatic N) is 2. The molecule has 3 aromatic heterocycles. The minimum atomic E-state index is -0.00226. The van der Waals surface area contributed by atoms with E-state index in [1.807, 2.05) is 36.5 Å². The number of aromatic nitrogens is 2. The summed E-state index contributed by atoms with van der Waals surface area (Å²) in [7, 11) is 0. The van der Waals surface area contributed by atoms with Gasteiger partial charge in [-0.25, -0.2) is 0 Å². The molecular formula is C19H20N4OS. The molecule has 1 aliphatic rings. The number of hydrogen-bond donors (Lipinski definition) is 2. The van der Waals surface area contributed by atoms with E-state index >= 15 is 0 Å². The van der Waals surface area contributed by atoms with Crippen LogP contribution in [0.5, 0.6) is 0 Å². The molecule has 0 bridgehead atoms. The fourth-order valence-corrected chi connectivity index (χ4v) is 3.84. The van der Waals surface area contributed by atoms with Crippen molar-refractivity contribution in [1.82, 2.24) is 20.2 Å². The third-order valence-electron chi connectivity index (χ3n) is 4.61. The van der Waals surface area contributed by atoms with Gasteiger partial charge >= 0.3 is 0 Å². The molecule has 5 nitrogen and oxygen atoms in total. The van der Waals surface area contributed by atoms with Crippen LogP contribution in [0.25, 0.3) is 0 Å². The van der Waals surface area contributed by atoms with Gasteiger partial charge in [0.25, 0.3) is 0 Å². The van der Waals surface area contributed by atoms with Gasteiger partial charge in [0.2, 0.25) is 0 Å². The van der Waals surface area contributed by atoms with E-state index in [0.717, 1.165) is 28.0 Å². The van der Waals surface area contributed by atoms with E-state index in [0.29, 0.717) is 6.54 Å². The zero-order valence-electron chi connectivity index (χ0n) is 14.2. The molecule has 0 saturated carbocycles. The predicted molar refractivity (Wildman–Crippen MR) is 100.0 cm³/mol. The van der Waals surface area contributed by atoms with Crippen molar-refractivity contribution in [2.45, 2.75) is 32.5 Å². The summed E-state index contributed by atoms with van der Waals surface area (Å²) in [6, 6.07) is 12.1. The Bertz CT molecular complexity index is 872. The highest BCUT2D eigenvalue weighted by atomic mass is 32.1. The second-order valence-electron chi connectivity index (χ2n) is 6.37. The molecule has 0 aliphatic carbocycles. The van der Waals surface area contributed by atoms with Crippen LogP contribution < -0.4 is 5.32 Å². The number of thiocarbonyl (C=S) groups is 1. The molecule has 4 heterocycles. The highest BCUT2D eigenvalue weighted by Crippen LogP contribution is 2.40. The molecule has 2 unspecified atom stereocenters. The number of H-pyrrole nitrogens is 1. The van der Waals surface area contributed by atoms with Crippen molar-refractivity contribution >= 4 is 17.3 Å². The van der Waals surface area contributed by atoms with Gasteiger partial charge in [0.1, 0.15) is 5.76 Å². The van der Waals surface area contributed by atoms with Crippen molar-refractivity contribution in [3.8, 4) is 0 Å². The summed E-state index contributed by atoms with van der Waals surface area (Å²) < 4.78 is 5.55. The van der Waals surface area contributed by atoms with Crippen molar-refractivity contribution in [2.75, 3.05) is 0 Å². The van der Waals surface area contributed by atoms with E-state index in [9.17, 15) is 0 Å². The third kappa shape index (κ3) is 2.93. The van der Waals surface area contributed by atoms with Crippen LogP contribution in [0.2, 0.25) is 0 Å². The lowest BCUT2D eigenvalue weighted by Crippen LogP contribution is -2.29. The predicted octanol–water partition coefficient (Wildman–Crippen LogP) is 3.79. The second kappa shape index (κ2) is 6.37. The molecule has 3 aromatic rings. The van der Waals surface area contributed by atoms with Crippen molar-refractivity contribution in [3.63, 3.8) is 0 Å². The average molecular weight is 352 g/mol. The van der Waals surface area contributed by atoms with E-state index in [-0.39, 0.29) is 12.1 Å². The number of aryl methyl sites for hydroxylation is 2. The first-order valence-corrected chi connectivity index (χ1v) is 8.71. The Kier molecular flexibility index (Phi) is 4.05. The summed E-state index contributed by atoms with van der Waals surface area (Å²) in [6.07, 6.45) is 3.51. The van der Waals surface area contributed by atoms with E-state index in [1.165, 1.54) is 5.56 Å². The maximum Gasteiger partial charge on any atom is 0.170 e.